The Morgan fingerprint density at radius 3 is 0.871 bits per heavy atom. The van der Waals surface area contributed by atoms with Gasteiger partial charge in [0, 0.05) is 6.42 Å². The topological polar surface area (TPSA) is 108 Å². The molecular formula is C53H101NO8. The molecule has 0 aliphatic carbocycles. The van der Waals surface area contributed by atoms with Crippen molar-refractivity contribution in [3.63, 3.8) is 0 Å². The van der Waals surface area contributed by atoms with Gasteiger partial charge in [0.15, 0.2) is 0 Å². The van der Waals surface area contributed by atoms with Gasteiger partial charge in [-0.2, -0.15) is 0 Å². The molecule has 0 saturated carbocycles. The molecule has 0 saturated heterocycles. The van der Waals surface area contributed by atoms with E-state index in [1.165, 1.54) is 0 Å². The first-order valence-electron chi connectivity index (χ1n) is 26.3. The Bertz CT molecular complexity index is 936. The summed E-state index contributed by atoms with van der Waals surface area (Å²) in [7, 11) is 3.94. The van der Waals surface area contributed by atoms with Gasteiger partial charge in [0.1, 0.15) is 31.8 Å². The quantitative estimate of drug-likeness (QED) is 0.0335. The molecule has 0 heterocycles. The van der Waals surface area contributed by atoms with E-state index in [0.29, 0.717) is 6.42 Å². The van der Waals surface area contributed by atoms with Crippen molar-refractivity contribution in [3.05, 3.63) is 0 Å². The number of hydrogen-bond acceptors (Lipinski definition) is 9. The minimum atomic E-state index is -1.25. The molecular weight excluding hydrogens is 779 g/mol. The molecule has 62 heavy (non-hydrogen) atoms. The average molecular weight is 880 g/mol. The normalized spacial score (nSPS) is 11.9. The minimum absolute atomic E-state index is 0.173. The molecule has 9 nitrogen and oxygen atoms in total. The van der Waals surface area contributed by atoms with E-state index >= 15 is 0 Å². The number of ether oxygens (including phenoxy) is 4. The molecule has 366 valence electrons. The van der Waals surface area contributed by atoms with Crippen molar-refractivity contribution in [2.45, 2.75) is 247 Å². The van der Waals surface area contributed by atoms with Crippen molar-refractivity contribution in [3.8, 4) is 0 Å². The first-order chi connectivity index (χ1) is 30.0. The van der Waals surface area contributed by atoms with Gasteiger partial charge in [-0.25, -0.2) is 0 Å². The van der Waals surface area contributed by atoms with Crippen LogP contribution in [0.3, 0.4) is 0 Å². The molecule has 0 spiro atoms. The van der Waals surface area contributed by atoms with Crippen LogP contribution in [0.2, 0.25) is 0 Å². The highest BCUT2D eigenvalue weighted by atomic mass is 16.6. The number of rotatable bonds is 45. The summed E-state index contributed by atoms with van der Waals surface area (Å²) >= 11 is 0. The number of unbranched alkanes of at least 4 members (excludes halogenated alkanes) is 18. The fraction of sp³-hybridized carbons (Fsp3) is 0.925. The van der Waals surface area contributed by atoms with Crippen molar-refractivity contribution in [1.82, 2.24) is 4.90 Å². The molecule has 0 aromatic heterocycles. The Labute approximate surface area is 383 Å². The summed E-state index contributed by atoms with van der Waals surface area (Å²) in [6.45, 7) is 13.2. The summed E-state index contributed by atoms with van der Waals surface area (Å²) < 4.78 is 24.8. The molecule has 0 fully saturated rings. The first kappa shape index (κ1) is 59.8. The lowest BCUT2D eigenvalue weighted by Gasteiger charge is -2.33. The molecule has 0 aromatic carbocycles. The molecule has 0 unspecified atom stereocenters. The van der Waals surface area contributed by atoms with Gasteiger partial charge in [0.25, 0.3) is 0 Å². The number of carbonyl (C=O) groups is 4. The molecule has 0 radical (unpaired) electrons. The van der Waals surface area contributed by atoms with Crippen molar-refractivity contribution < 1.29 is 38.1 Å². The van der Waals surface area contributed by atoms with Crippen LogP contribution in [-0.4, -0.2) is 75.8 Å². The first-order valence-corrected chi connectivity index (χ1v) is 26.3. The van der Waals surface area contributed by atoms with E-state index in [0.717, 1.165) is 199 Å². The standard InChI is InChI=1S/C53H101NO8/c1-9-15-21-27-34-46(35-28-22-16-10-2)50(56)60-43-53(42-59-49(55)40-33-41-54(7)8,44-61-51(57)47(36-29-23-17-11-3)37-30-24-18-12-4)45-62-52(58)48(38-31-25-19-13-5)39-32-26-20-14-6/h46-48H,9-45H2,1-8H3. The van der Waals surface area contributed by atoms with Gasteiger partial charge in [-0.3, -0.25) is 19.2 Å². The molecule has 0 rings (SSSR count). The maximum atomic E-state index is 14.1. The maximum Gasteiger partial charge on any atom is 0.308 e. The number of nitrogens with zero attached hydrogens (tertiary/aromatic N) is 1. The Hall–Kier alpha value is -2.16. The van der Waals surface area contributed by atoms with E-state index in [4.69, 9.17) is 18.9 Å². The van der Waals surface area contributed by atoms with Gasteiger partial charge in [-0.1, -0.05) is 196 Å². The van der Waals surface area contributed by atoms with Gasteiger partial charge in [0.05, 0.1) is 17.8 Å². The lowest BCUT2D eigenvalue weighted by atomic mass is 9.90. The largest absolute Gasteiger partial charge is 0.465 e. The van der Waals surface area contributed by atoms with Crippen LogP contribution in [0.5, 0.6) is 0 Å². The Kier molecular flexibility index (Phi) is 40.1. The molecule has 0 bridgehead atoms. The van der Waals surface area contributed by atoms with Crippen LogP contribution in [0.1, 0.15) is 247 Å². The van der Waals surface area contributed by atoms with Gasteiger partial charge in [0.2, 0.25) is 0 Å². The monoisotopic (exact) mass is 880 g/mol. The maximum absolute atomic E-state index is 14.1. The van der Waals surface area contributed by atoms with E-state index in [1.54, 1.807) is 0 Å². The van der Waals surface area contributed by atoms with Crippen LogP contribution < -0.4 is 0 Å². The Morgan fingerprint density at radius 2 is 0.629 bits per heavy atom. The van der Waals surface area contributed by atoms with Crippen LogP contribution in [0.25, 0.3) is 0 Å². The van der Waals surface area contributed by atoms with E-state index in [9.17, 15) is 19.2 Å². The summed E-state index contributed by atoms with van der Waals surface area (Å²) in [5, 5.41) is 0. The fourth-order valence-electron chi connectivity index (χ4n) is 8.17. The summed E-state index contributed by atoms with van der Waals surface area (Å²) in [5.41, 5.74) is -1.25. The summed E-state index contributed by atoms with van der Waals surface area (Å²) in [5.74, 6) is -1.92. The third-order valence-electron chi connectivity index (χ3n) is 12.5. The number of hydrogen-bond donors (Lipinski definition) is 0. The number of esters is 4. The SMILES string of the molecule is CCCCCCC(CCCCCC)C(=O)OCC(COC(=O)CCCN(C)C)(COC(=O)C(CCCCCC)CCCCCC)COC(=O)C(CCCCCC)CCCCCC. The molecule has 0 amide bonds. The van der Waals surface area contributed by atoms with Crippen LogP contribution in [-0.2, 0) is 38.1 Å². The third-order valence-corrected chi connectivity index (χ3v) is 12.5. The average Bonchev–Trinajstić information content (AvgIpc) is 3.26. The Morgan fingerprint density at radius 1 is 0.371 bits per heavy atom. The van der Waals surface area contributed by atoms with Crippen LogP contribution in [0.15, 0.2) is 0 Å². The molecule has 0 aliphatic heterocycles. The van der Waals surface area contributed by atoms with Crippen LogP contribution in [0, 0.1) is 23.2 Å². The van der Waals surface area contributed by atoms with E-state index in [2.05, 4.69) is 41.5 Å². The molecule has 0 aromatic rings. The lowest BCUT2D eigenvalue weighted by Crippen LogP contribution is -2.45. The zero-order valence-electron chi connectivity index (χ0n) is 42.1. The summed E-state index contributed by atoms with van der Waals surface area (Å²) in [6, 6.07) is 0. The zero-order valence-corrected chi connectivity index (χ0v) is 42.1. The molecule has 0 aliphatic rings. The van der Waals surface area contributed by atoms with Crippen molar-refractivity contribution in [1.29, 1.82) is 0 Å². The van der Waals surface area contributed by atoms with E-state index in [-0.39, 0.29) is 74.5 Å². The van der Waals surface area contributed by atoms with Gasteiger partial charge in [-0.05, 0) is 65.6 Å². The predicted octanol–water partition coefficient (Wildman–Crippen LogP) is 14.2. The van der Waals surface area contributed by atoms with Gasteiger partial charge >= 0.3 is 23.9 Å². The van der Waals surface area contributed by atoms with Crippen LogP contribution in [0.4, 0.5) is 0 Å². The molecule has 0 N–H and O–H groups in total. The highest BCUT2D eigenvalue weighted by molar-refractivity contribution is 5.74. The second-order valence-electron chi connectivity index (χ2n) is 19.1. The van der Waals surface area contributed by atoms with Gasteiger partial charge < -0.3 is 23.8 Å². The lowest BCUT2D eigenvalue weighted by molar-refractivity contribution is -0.175. The zero-order chi connectivity index (χ0) is 46.1. The molecule has 0 atom stereocenters. The second-order valence-corrected chi connectivity index (χ2v) is 19.1. The van der Waals surface area contributed by atoms with E-state index in [1.807, 2.05) is 19.0 Å². The fourth-order valence-corrected chi connectivity index (χ4v) is 8.17. The van der Waals surface area contributed by atoms with E-state index < -0.39 is 5.41 Å². The van der Waals surface area contributed by atoms with Crippen molar-refractivity contribution in [2.75, 3.05) is 47.1 Å². The van der Waals surface area contributed by atoms with Gasteiger partial charge in [-0.15, -0.1) is 0 Å². The summed E-state index contributed by atoms with van der Waals surface area (Å²) in [4.78, 5) is 57.6. The highest BCUT2D eigenvalue weighted by Crippen LogP contribution is 2.29. The third kappa shape index (κ3) is 32.5. The Balaban J connectivity index is 6.79. The number of carbonyl (C=O) groups excluding carboxylic acids is 4. The molecule has 9 heteroatoms. The second kappa shape index (κ2) is 41.5. The highest BCUT2D eigenvalue weighted by Gasteiger charge is 2.40. The van der Waals surface area contributed by atoms with Crippen LogP contribution >= 0.6 is 0 Å². The minimum Gasteiger partial charge on any atom is -0.465 e. The van der Waals surface area contributed by atoms with Crippen molar-refractivity contribution >= 4 is 23.9 Å². The summed E-state index contributed by atoms with van der Waals surface area (Å²) in [6.07, 6.45) is 31.2. The smallest absolute Gasteiger partial charge is 0.308 e. The van der Waals surface area contributed by atoms with Crippen molar-refractivity contribution in [2.24, 2.45) is 23.2 Å². The predicted molar refractivity (Wildman–Crippen MR) is 257 cm³/mol.